The molecule has 5 heteroatoms. The number of carbonyl (C=O) groups is 1. The van der Waals surface area contributed by atoms with Gasteiger partial charge < -0.3 is 4.90 Å². The van der Waals surface area contributed by atoms with Gasteiger partial charge in [-0.15, -0.1) is 0 Å². The molecule has 1 aromatic rings. The molecule has 1 amide bonds. The van der Waals surface area contributed by atoms with Crippen LogP contribution in [-0.4, -0.2) is 36.5 Å². The Morgan fingerprint density at radius 2 is 2.00 bits per heavy atom. The Morgan fingerprint density at radius 3 is 2.59 bits per heavy atom. The first-order valence-corrected chi connectivity index (χ1v) is 7.46. The van der Waals surface area contributed by atoms with E-state index in [1.807, 2.05) is 38.1 Å². The summed E-state index contributed by atoms with van der Waals surface area (Å²) in [7, 11) is 0. The van der Waals surface area contributed by atoms with Gasteiger partial charge in [-0.2, -0.15) is 5.26 Å². The van der Waals surface area contributed by atoms with Crippen LogP contribution in [0.1, 0.15) is 25.0 Å². The normalized spacial score (nSPS) is 11.1. The van der Waals surface area contributed by atoms with E-state index in [1.165, 1.54) is 6.08 Å². The number of nitrogens with zero attached hydrogens (tertiary/aromatic N) is 3. The minimum Gasteiger partial charge on any atom is -0.342 e. The van der Waals surface area contributed by atoms with E-state index >= 15 is 0 Å². The first-order chi connectivity index (χ1) is 10.7. The highest BCUT2D eigenvalue weighted by Gasteiger charge is 2.22. The van der Waals surface area contributed by atoms with E-state index in [4.69, 9.17) is 0 Å². The predicted molar refractivity (Wildman–Crippen MR) is 83.9 cm³/mol. The van der Waals surface area contributed by atoms with Gasteiger partial charge in [-0.05, 0) is 37.8 Å². The van der Waals surface area contributed by atoms with Crippen molar-refractivity contribution in [1.29, 1.82) is 5.26 Å². The summed E-state index contributed by atoms with van der Waals surface area (Å²) in [5.74, 6) is -0.786. The third-order valence-corrected chi connectivity index (χ3v) is 3.54. The number of nitriles is 1. The fraction of sp³-hybridized carbons (Fsp3) is 0.471. The zero-order valence-corrected chi connectivity index (χ0v) is 13.1. The van der Waals surface area contributed by atoms with Crippen molar-refractivity contribution in [3.8, 4) is 6.07 Å². The van der Waals surface area contributed by atoms with Crippen molar-refractivity contribution in [3.05, 3.63) is 35.4 Å². The van der Waals surface area contributed by atoms with Gasteiger partial charge in [0.1, 0.15) is 5.92 Å². The van der Waals surface area contributed by atoms with Crippen molar-refractivity contribution in [3.63, 3.8) is 0 Å². The fourth-order valence-electron chi connectivity index (χ4n) is 2.32. The Hall–Kier alpha value is -2.44. The number of isocyanates is 1. The predicted octanol–water partition coefficient (Wildman–Crippen LogP) is 2.12. The lowest BCUT2D eigenvalue weighted by atomic mass is 9.97. The molecule has 116 valence electrons. The van der Waals surface area contributed by atoms with Crippen LogP contribution in [0, 0.1) is 17.2 Å². The first kappa shape index (κ1) is 17.6. The van der Waals surface area contributed by atoms with E-state index in [2.05, 4.69) is 11.1 Å². The summed E-state index contributed by atoms with van der Waals surface area (Å²) in [5, 5.41) is 9.28. The third-order valence-electron chi connectivity index (χ3n) is 3.54. The molecule has 0 aromatic heterocycles. The van der Waals surface area contributed by atoms with E-state index in [-0.39, 0.29) is 5.91 Å². The molecule has 1 aromatic carbocycles. The average molecular weight is 299 g/mol. The highest BCUT2D eigenvalue weighted by atomic mass is 16.2. The molecule has 0 heterocycles. The third kappa shape index (κ3) is 5.16. The van der Waals surface area contributed by atoms with Gasteiger partial charge in [-0.3, -0.25) is 4.79 Å². The first-order valence-electron chi connectivity index (χ1n) is 7.46. The van der Waals surface area contributed by atoms with E-state index in [0.717, 1.165) is 11.1 Å². The number of carbonyl (C=O) groups excluding carboxylic acids is 2. The zero-order chi connectivity index (χ0) is 16.4. The monoisotopic (exact) mass is 299 g/mol. The topological polar surface area (TPSA) is 73.5 Å². The summed E-state index contributed by atoms with van der Waals surface area (Å²) in [5.41, 5.74) is 1.98. The smallest absolute Gasteiger partial charge is 0.240 e. The minimum atomic E-state index is -0.664. The molecule has 1 atom stereocenters. The van der Waals surface area contributed by atoms with Crippen LogP contribution < -0.4 is 0 Å². The van der Waals surface area contributed by atoms with Crippen LogP contribution in [0.15, 0.2) is 29.3 Å². The molecule has 0 saturated heterocycles. The summed E-state index contributed by atoms with van der Waals surface area (Å²) in [4.78, 5) is 27.6. The zero-order valence-electron chi connectivity index (χ0n) is 13.1. The number of hydrogen-bond donors (Lipinski definition) is 0. The number of aliphatic imine (C=N–C) groups is 1. The number of rotatable bonds is 8. The lowest BCUT2D eigenvalue weighted by Gasteiger charge is -2.21. The van der Waals surface area contributed by atoms with Crippen molar-refractivity contribution in [2.75, 3.05) is 19.6 Å². The molecule has 1 unspecified atom stereocenters. The summed E-state index contributed by atoms with van der Waals surface area (Å²) in [6.07, 6.45) is 2.56. The largest absolute Gasteiger partial charge is 0.342 e. The van der Waals surface area contributed by atoms with Gasteiger partial charge in [0.15, 0.2) is 0 Å². The van der Waals surface area contributed by atoms with Gasteiger partial charge in [0, 0.05) is 13.1 Å². The number of hydrogen-bond acceptors (Lipinski definition) is 4. The van der Waals surface area contributed by atoms with Crippen molar-refractivity contribution in [2.24, 2.45) is 10.9 Å². The standard InChI is InChI=1S/C17H21N3O2/c1-3-20(4-2)17(22)16(12-18)11-15-7-5-6-14(10-15)8-9-19-13-21/h5-7,10,16H,3-4,8-9,11H2,1-2H3. The lowest BCUT2D eigenvalue weighted by molar-refractivity contribution is -0.133. The molecule has 0 bridgehead atoms. The molecule has 22 heavy (non-hydrogen) atoms. The molecule has 0 fully saturated rings. The molecular formula is C17H21N3O2. The molecule has 5 nitrogen and oxygen atoms in total. The second kappa shape index (κ2) is 9.49. The highest BCUT2D eigenvalue weighted by Crippen LogP contribution is 2.14. The fourth-order valence-corrected chi connectivity index (χ4v) is 2.32. The van der Waals surface area contributed by atoms with E-state index in [1.54, 1.807) is 4.90 Å². The van der Waals surface area contributed by atoms with Crippen LogP contribution in [0.4, 0.5) is 0 Å². The number of benzene rings is 1. The van der Waals surface area contributed by atoms with Gasteiger partial charge in [0.25, 0.3) is 0 Å². The summed E-state index contributed by atoms with van der Waals surface area (Å²) in [6, 6.07) is 9.81. The van der Waals surface area contributed by atoms with Gasteiger partial charge in [0.2, 0.25) is 12.0 Å². The molecule has 0 aliphatic rings. The van der Waals surface area contributed by atoms with E-state index in [0.29, 0.717) is 32.5 Å². The lowest BCUT2D eigenvalue weighted by Crippen LogP contribution is -2.36. The maximum absolute atomic E-state index is 12.3. The number of amides is 1. The maximum Gasteiger partial charge on any atom is 0.240 e. The molecular weight excluding hydrogens is 278 g/mol. The molecule has 0 saturated carbocycles. The maximum atomic E-state index is 12.3. The second-order valence-electron chi connectivity index (χ2n) is 4.94. The van der Waals surface area contributed by atoms with Crippen LogP contribution in [0.5, 0.6) is 0 Å². The van der Waals surface area contributed by atoms with Crippen LogP contribution in [0.25, 0.3) is 0 Å². The molecule has 0 aliphatic carbocycles. The van der Waals surface area contributed by atoms with Crippen LogP contribution in [0.3, 0.4) is 0 Å². The summed E-state index contributed by atoms with van der Waals surface area (Å²) < 4.78 is 0. The molecule has 0 radical (unpaired) electrons. The summed E-state index contributed by atoms with van der Waals surface area (Å²) in [6.45, 7) is 5.43. The Labute approximate surface area is 131 Å². The van der Waals surface area contributed by atoms with Gasteiger partial charge in [-0.25, -0.2) is 9.79 Å². The quantitative estimate of drug-likeness (QED) is 0.545. The Balaban J connectivity index is 2.79. The highest BCUT2D eigenvalue weighted by molar-refractivity contribution is 5.81. The Morgan fingerprint density at radius 1 is 1.32 bits per heavy atom. The second-order valence-corrected chi connectivity index (χ2v) is 4.94. The van der Waals surface area contributed by atoms with E-state index < -0.39 is 5.92 Å². The molecule has 1 rings (SSSR count). The summed E-state index contributed by atoms with van der Waals surface area (Å²) >= 11 is 0. The Kier molecular flexibility index (Phi) is 7.60. The molecule has 0 aliphatic heterocycles. The van der Waals surface area contributed by atoms with Crippen LogP contribution >= 0.6 is 0 Å². The SMILES string of the molecule is CCN(CC)C(=O)C(C#N)Cc1cccc(CCN=C=O)c1. The Bertz CT molecular complexity index is 582. The van der Waals surface area contributed by atoms with Gasteiger partial charge >= 0.3 is 0 Å². The van der Waals surface area contributed by atoms with Crippen LogP contribution in [-0.2, 0) is 22.4 Å². The average Bonchev–Trinajstić information content (AvgIpc) is 2.54. The van der Waals surface area contributed by atoms with E-state index in [9.17, 15) is 14.9 Å². The van der Waals surface area contributed by atoms with Crippen LogP contribution in [0.2, 0.25) is 0 Å². The minimum absolute atomic E-state index is 0.122. The molecule has 0 spiro atoms. The van der Waals surface area contributed by atoms with Crippen molar-refractivity contribution >= 4 is 12.0 Å². The van der Waals surface area contributed by atoms with Crippen molar-refractivity contribution in [2.45, 2.75) is 26.7 Å². The van der Waals surface area contributed by atoms with Gasteiger partial charge in [-0.1, -0.05) is 24.3 Å². The van der Waals surface area contributed by atoms with Crippen molar-refractivity contribution < 1.29 is 9.59 Å². The molecule has 0 N–H and O–H groups in total. The van der Waals surface area contributed by atoms with Gasteiger partial charge in [0.05, 0.1) is 12.6 Å². The van der Waals surface area contributed by atoms with Crippen molar-refractivity contribution in [1.82, 2.24) is 4.90 Å².